The van der Waals surface area contributed by atoms with Gasteiger partial charge >= 0.3 is 0 Å². The van der Waals surface area contributed by atoms with Crippen LogP contribution in [0.4, 0.5) is 5.69 Å². The highest BCUT2D eigenvalue weighted by Crippen LogP contribution is 2.25. The van der Waals surface area contributed by atoms with E-state index in [1.807, 2.05) is 30.7 Å². The van der Waals surface area contributed by atoms with Crippen molar-refractivity contribution in [1.82, 2.24) is 9.97 Å². The van der Waals surface area contributed by atoms with Gasteiger partial charge in [0, 0.05) is 15.9 Å². The molecule has 19 heavy (non-hydrogen) atoms. The zero-order valence-electron chi connectivity index (χ0n) is 10.6. The van der Waals surface area contributed by atoms with Crippen molar-refractivity contribution in [2.75, 3.05) is 5.32 Å². The zero-order chi connectivity index (χ0) is 13.4. The summed E-state index contributed by atoms with van der Waals surface area (Å²) in [5, 5.41) is 7.99. The lowest BCUT2D eigenvalue weighted by Crippen LogP contribution is -2.14. The number of rotatable bonds is 3. The summed E-state index contributed by atoms with van der Waals surface area (Å²) in [5.41, 5.74) is 2.03. The number of nitrogens with zero attached hydrogens (tertiary/aromatic N) is 1. The van der Waals surface area contributed by atoms with Gasteiger partial charge in [0.1, 0.15) is 10.7 Å². The van der Waals surface area contributed by atoms with Crippen molar-refractivity contribution < 1.29 is 0 Å². The first-order valence-electron chi connectivity index (χ1n) is 5.90. The summed E-state index contributed by atoms with van der Waals surface area (Å²) in [7, 11) is 0. The van der Waals surface area contributed by atoms with Gasteiger partial charge < -0.3 is 10.3 Å². The molecule has 3 rings (SSSR count). The second-order valence-electron chi connectivity index (χ2n) is 4.34. The van der Waals surface area contributed by atoms with Crippen LogP contribution in [0.3, 0.4) is 0 Å². The molecule has 0 saturated heterocycles. The van der Waals surface area contributed by atoms with E-state index < -0.39 is 0 Å². The topological polar surface area (TPSA) is 57.8 Å². The van der Waals surface area contributed by atoms with E-state index in [1.54, 1.807) is 22.7 Å². The minimum absolute atomic E-state index is 0.0473. The van der Waals surface area contributed by atoms with Gasteiger partial charge in [0.2, 0.25) is 0 Å². The van der Waals surface area contributed by atoms with Crippen LogP contribution < -0.4 is 10.9 Å². The maximum Gasteiger partial charge on any atom is 0.259 e. The lowest BCUT2D eigenvalue weighted by atomic mass is 10.2. The number of hydrogen-bond donors (Lipinski definition) is 2. The molecule has 0 aromatic carbocycles. The highest BCUT2D eigenvalue weighted by atomic mass is 32.1. The SMILES string of the molecule is Cc1sc2nc(CNc3ccsc3)[nH]c(=O)c2c1C. The molecule has 0 amide bonds. The van der Waals surface area contributed by atoms with Crippen molar-refractivity contribution in [3.8, 4) is 0 Å². The Morgan fingerprint density at radius 2 is 2.26 bits per heavy atom. The molecule has 0 radical (unpaired) electrons. The number of fused-ring (bicyclic) bond motifs is 1. The quantitative estimate of drug-likeness (QED) is 0.778. The van der Waals surface area contributed by atoms with Crippen molar-refractivity contribution in [3.05, 3.63) is 43.4 Å². The summed E-state index contributed by atoms with van der Waals surface area (Å²) >= 11 is 3.21. The van der Waals surface area contributed by atoms with Crippen molar-refractivity contribution in [2.24, 2.45) is 0 Å². The number of anilines is 1. The molecular formula is C13H13N3OS2. The predicted octanol–water partition coefficient (Wildman–Crippen LogP) is 3.28. The van der Waals surface area contributed by atoms with Gasteiger partial charge in [-0.15, -0.1) is 11.3 Å². The van der Waals surface area contributed by atoms with E-state index in [9.17, 15) is 4.79 Å². The summed E-state index contributed by atoms with van der Waals surface area (Å²) in [6.45, 7) is 4.51. The fourth-order valence-electron chi connectivity index (χ4n) is 1.93. The zero-order valence-corrected chi connectivity index (χ0v) is 12.2. The van der Waals surface area contributed by atoms with Crippen LogP contribution in [-0.4, -0.2) is 9.97 Å². The maximum absolute atomic E-state index is 12.1. The van der Waals surface area contributed by atoms with Crippen LogP contribution >= 0.6 is 22.7 Å². The molecule has 3 heterocycles. The third kappa shape index (κ3) is 2.29. The predicted molar refractivity (Wildman–Crippen MR) is 81.4 cm³/mol. The minimum Gasteiger partial charge on any atom is -0.377 e. The van der Waals surface area contributed by atoms with E-state index in [4.69, 9.17) is 0 Å². The van der Waals surface area contributed by atoms with Gasteiger partial charge in [0.15, 0.2) is 0 Å². The van der Waals surface area contributed by atoms with Gasteiger partial charge in [0.05, 0.1) is 11.9 Å². The number of nitrogens with one attached hydrogen (secondary N) is 2. The molecule has 0 bridgehead atoms. The summed E-state index contributed by atoms with van der Waals surface area (Å²) in [6.07, 6.45) is 0. The maximum atomic E-state index is 12.1. The lowest BCUT2D eigenvalue weighted by Gasteiger charge is -2.03. The van der Waals surface area contributed by atoms with Crippen LogP contribution in [-0.2, 0) is 6.54 Å². The molecule has 98 valence electrons. The van der Waals surface area contributed by atoms with E-state index >= 15 is 0 Å². The van der Waals surface area contributed by atoms with E-state index in [0.29, 0.717) is 12.4 Å². The average Bonchev–Trinajstić information content (AvgIpc) is 2.96. The molecular weight excluding hydrogens is 278 g/mol. The van der Waals surface area contributed by atoms with Gasteiger partial charge in [-0.05, 0) is 30.9 Å². The van der Waals surface area contributed by atoms with Crippen molar-refractivity contribution in [1.29, 1.82) is 0 Å². The first-order valence-corrected chi connectivity index (χ1v) is 7.66. The number of aromatic amines is 1. The van der Waals surface area contributed by atoms with Gasteiger partial charge in [-0.25, -0.2) is 4.98 Å². The third-order valence-corrected chi connectivity index (χ3v) is 4.85. The largest absolute Gasteiger partial charge is 0.377 e. The molecule has 0 aliphatic heterocycles. The number of hydrogen-bond acceptors (Lipinski definition) is 5. The van der Waals surface area contributed by atoms with Crippen LogP contribution in [0.1, 0.15) is 16.3 Å². The Bertz CT molecular complexity index is 771. The molecule has 0 saturated carbocycles. The summed E-state index contributed by atoms with van der Waals surface area (Å²) in [4.78, 5) is 21.4. The van der Waals surface area contributed by atoms with E-state index in [0.717, 1.165) is 26.3 Å². The molecule has 0 spiro atoms. The number of aryl methyl sites for hydroxylation is 2. The first-order chi connectivity index (χ1) is 9.15. The Morgan fingerprint density at radius 1 is 1.42 bits per heavy atom. The van der Waals surface area contributed by atoms with Crippen molar-refractivity contribution >= 4 is 38.6 Å². The van der Waals surface area contributed by atoms with Crippen LogP contribution in [0.25, 0.3) is 10.2 Å². The monoisotopic (exact) mass is 291 g/mol. The van der Waals surface area contributed by atoms with Crippen LogP contribution in [0.5, 0.6) is 0 Å². The highest BCUT2D eigenvalue weighted by Gasteiger charge is 2.11. The molecule has 0 unspecified atom stereocenters. The first kappa shape index (κ1) is 12.4. The molecule has 0 atom stereocenters. The Hall–Kier alpha value is -1.66. The van der Waals surface area contributed by atoms with Crippen LogP contribution in [0.15, 0.2) is 21.6 Å². The molecule has 0 aliphatic carbocycles. The molecule has 3 aromatic rings. The molecule has 0 fully saturated rings. The minimum atomic E-state index is -0.0473. The van der Waals surface area contributed by atoms with Crippen LogP contribution in [0, 0.1) is 13.8 Å². The number of thiophene rings is 2. The smallest absolute Gasteiger partial charge is 0.259 e. The third-order valence-electron chi connectivity index (χ3n) is 3.07. The standard InChI is InChI=1S/C13H13N3OS2/c1-7-8(2)19-13-11(7)12(17)15-10(16-13)5-14-9-3-4-18-6-9/h3-4,6,14H,5H2,1-2H3,(H,15,16,17). The second-order valence-corrected chi connectivity index (χ2v) is 6.32. The summed E-state index contributed by atoms with van der Waals surface area (Å²) in [6, 6.07) is 2.00. The summed E-state index contributed by atoms with van der Waals surface area (Å²) < 4.78 is 0. The van der Waals surface area contributed by atoms with Gasteiger partial charge in [-0.1, -0.05) is 0 Å². The molecule has 4 nitrogen and oxygen atoms in total. The molecule has 6 heteroatoms. The molecule has 0 aliphatic rings. The van der Waals surface area contributed by atoms with Crippen molar-refractivity contribution in [2.45, 2.75) is 20.4 Å². The number of H-pyrrole nitrogens is 1. The van der Waals surface area contributed by atoms with Crippen LogP contribution in [0.2, 0.25) is 0 Å². The fourth-order valence-corrected chi connectivity index (χ4v) is 3.59. The van der Waals surface area contributed by atoms with Crippen molar-refractivity contribution in [3.63, 3.8) is 0 Å². The second kappa shape index (κ2) is 4.79. The Balaban J connectivity index is 1.95. The van der Waals surface area contributed by atoms with Gasteiger partial charge in [-0.3, -0.25) is 4.79 Å². The molecule has 3 aromatic heterocycles. The normalized spacial score (nSPS) is 11.1. The Morgan fingerprint density at radius 3 is 3.00 bits per heavy atom. The van der Waals surface area contributed by atoms with E-state index in [1.165, 1.54) is 0 Å². The Kier molecular flexibility index (Phi) is 3.12. The van der Waals surface area contributed by atoms with Gasteiger partial charge in [-0.2, -0.15) is 11.3 Å². The van der Waals surface area contributed by atoms with Gasteiger partial charge in [0.25, 0.3) is 5.56 Å². The number of aromatic nitrogens is 2. The highest BCUT2D eigenvalue weighted by molar-refractivity contribution is 7.18. The fraction of sp³-hybridized carbons (Fsp3) is 0.231. The Labute approximate surface area is 118 Å². The van der Waals surface area contributed by atoms with E-state index in [2.05, 4.69) is 15.3 Å². The summed E-state index contributed by atoms with van der Waals surface area (Å²) in [5.74, 6) is 0.671. The van der Waals surface area contributed by atoms with E-state index in [-0.39, 0.29) is 5.56 Å². The average molecular weight is 291 g/mol. The molecule has 2 N–H and O–H groups in total. The lowest BCUT2D eigenvalue weighted by molar-refractivity contribution is 0.957.